The molecule has 1 fully saturated rings. The first-order valence-corrected chi connectivity index (χ1v) is 8.44. The van der Waals surface area contributed by atoms with E-state index in [0.717, 1.165) is 0 Å². The van der Waals surface area contributed by atoms with Crippen molar-refractivity contribution < 1.29 is 29.4 Å². The number of hydrogen-bond donors (Lipinski definition) is 4. The van der Waals surface area contributed by atoms with Crippen LogP contribution in [-0.4, -0.2) is 63.5 Å². The Morgan fingerprint density at radius 3 is 2.40 bits per heavy atom. The molecule has 0 radical (unpaired) electrons. The standard InChI is InChI=1S/C16H27N3O6/c1-9(2)8-10(17)15(23)19-7-3-4-12(19)14(22)18-11(16(24)25)5-6-13(20)21/h9-12H,3-8,17H2,1-2H3,(H,18,22)(H,20,21)(H,24,25). The van der Waals surface area contributed by atoms with Gasteiger partial charge in [-0.15, -0.1) is 0 Å². The Labute approximate surface area is 146 Å². The van der Waals surface area contributed by atoms with E-state index < -0.39 is 36.0 Å². The van der Waals surface area contributed by atoms with E-state index in [2.05, 4.69) is 5.32 Å². The number of nitrogens with two attached hydrogens (primary N) is 1. The molecule has 1 aliphatic heterocycles. The summed E-state index contributed by atoms with van der Waals surface area (Å²) in [7, 11) is 0. The molecule has 3 atom stereocenters. The second-order valence-electron chi connectivity index (χ2n) is 6.76. The van der Waals surface area contributed by atoms with Crippen LogP contribution in [0.15, 0.2) is 0 Å². The van der Waals surface area contributed by atoms with Crippen LogP contribution in [0.4, 0.5) is 0 Å². The van der Waals surface area contributed by atoms with Gasteiger partial charge in [-0.1, -0.05) is 13.8 Å². The Balaban J connectivity index is 2.72. The predicted octanol–water partition coefficient (Wildman–Crippen LogP) is -0.215. The molecule has 1 heterocycles. The molecule has 142 valence electrons. The number of carbonyl (C=O) groups excluding carboxylic acids is 2. The van der Waals surface area contributed by atoms with Crippen molar-refractivity contribution in [2.45, 2.75) is 64.1 Å². The lowest BCUT2D eigenvalue weighted by molar-refractivity contribution is -0.145. The van der Waals surface area contributed by atoms with Crippen LogP contribution in [0.1, 0.15) is 46.0 Å². The number of hydrogen-bond acceptors (Lipinski definition) is 5. The second kappa shape index (κ2) is 9.36. The van der Waals surface area contributed by atoms with Crippen molar-refractivity contribution in [1.29, 1.82) is 0 Å². The smallest absolute Gasteiger partial charge is 0.326 e. The Morgan fingerprint density at radius 1 is 1.24 bits per heavy atom. The van der Waals surface area contributed by atoms with Crippen LogP contribution in [0.5, 0.6) is 0 Å². The molecular weight excluding hydrogens is 330 g/mol. The number of likely N-dealkylation sites (tertiary alicyclic amines) is 1. The SMILES string of the molecule is CC(C)CC(N)C(=O)N1CCCC1C(=O)NC(CCC(=O)O)C(=O)O. The maximum Gasteiger partial charge on any atom is 0.326 e. The van der Waals surface area contributed by atoms with Crippen molar-refractivity contribution in [3.05, 3.63) is 0 Å². The molecule has 25 heavy (non-hydrogen) atoms. The number of nitrogens with zero attached hydrogens (tertiary/aromatic N) is 1. The molecule has 0 aromatic carbocycles. The molecule has 0 aromatic rings. The monoisotopic (exact) mass is 357 g/mol. The van der Waals surface area contributed by atoms with Gasteiger partial charge in [0.1, 0.15) is 12.1 Å². The van der Waals surface area contributed by atoms with Gasteiger partial charge in [-0.3, -0.25) is 14.4 Å². The van der Waals surface area contributed by atoms with Crippen LogP contribution in [0.25, 0.3) is 0 Å². The quantitative estimate of drug-likeness (QED) is 0.445. The van der Waals surface area contributed by atoms with E-state index in [9.17, 15) is 19.2 Å². The number of amides is 2. The highest BCUT2D eigenvalue weighted by Gasteiger charge is 2.37. The molecule has 3 unspecified atom stereocenters. The summed E-state index contributed by atoms with van der Waals surface area (Å²) in [5, 5.41) is 20.1. The highest BCUT2D eigenvalue weighted by Crippen LogP contribution is 2.20. The van der Waals surface area contributed by atoms with E-state index >= 15 is 0 Å². The van der Waals surface area contributed by atoms with Gasteiger partial charge in [0.15, 0.2) is 0 Å². The van der Waals surface area contributed by atoms with Crippen LogP contribution >= 0.6 is 0 Å². The third-order valence-corrected chi connectivity index (χ3v) is 4.14. The van der Waals surface area contributed by atoms with E-state index in [0.29, 0.717) is 25.8 Å². The molecule has 0 saturated carbocycles. The van der Waals surface area contributed by atoms with Crippen molar-refractivity contribution in [1.82, 2.24) is 10.2 Å². The molecule has 2 amide bonds. The summed E-state index contributed by atoms with van der Waals surface area (Å²) in [6.07, 6.45) is 0.968. The van der Waals surface area contributed by atoms with Gasteiger partial charge in [0.25, 0.3) is 0 Å². The molecule has 5 N–H and O–H groups in total. The highest BCUT2D eigenvalue weighted by molar-refractivity contribution is 5.92. The van der Waals surface area contributed by atoms with E-state index in [1.807, 2.05) is 13.8 Å². The predicted molar refractivity (Wildman–Crippen MR) is 88.6 cm³/mol. The highest BCUT2D eigenvalue weighted by atomic mass is 16.4. The number of aliphatic carboxylic acids is 2. The van der Waals surface area contributed by atoms with Crippen molar-refractivity contribution in [2.24, 2.45) is 11.7 Å². The third kappa shape index (κ3) is 6.33. The molecule has 0 spiro atoms. The van der Waals surface area contributed by atoms with Crippen LogP contribution in [-0.2, 0) is 19.2 Å². The van der Waals surface area contributed by atoms with E-state index in [1.165, 1.54) is 4.90 Å². The van der Waals surface area contributed by atoms with Gasteiger partial charge < -0.3 is 26.2 Å². The zero-order chi connectivity index (χ0) is 19.1. The lowest BCUT2D eigenvalue weighted by Gasteiger charge is -2.28. The van der Waals surface area contributed by atoms with Crippen molar-refractivity contribution >= 4 is 23.8 Å². The Kier molecular flexibility index (Phi) is 7.82. The van der Waals surface area contributed by atoms with E-state index in [-0.39, 0.29) is 24.7 Å². The molecule has 0 aromatic heterocycles. The van der Waals surface area contributed by atoms with Crippen LogP contribution in [0, 0.1) is 5.92 Å². The molecule has 0 aliphatic carbocycles. The Morgan fingerprint density at radius 2 is 1.88 bits per heavy atom. The van der Waals surface area contributed by atoms with E-state index in [1.54, 1.807) is 0 Å². The third-order valence-electron chi connectivity index (χ3n) is 4.14. The molecule has 1 rings (SSSR count). The number of carbonyl (C=O) groups is 4. The molecule has 1 saturated heterocycles. The minimum Gasteiger partial charge on any atom is -0.481 e. The first-order valence-electron chi connectivity index (χ1n) is 8.44. The number of nitrogens with one attached hydrogen (secondary N) is 1. The van der Waals surface area contributed by atoms with Gasteiger partial charge >= 0.3 is 11.9 Å². The summed E-state index contributed by atoms with van der Waals surface area (Å²) < 4.78 is 0. The summed E-state index contributed by atoms with van der Waals surface area (Å²) in [6.45, 7) is 4.29. The van der Waals surface area contributed by atoms with Crippen molar-refractivity contribution in [3.63, 3.8) is 0 Å². The zero-order valence-electron chi connectivity index (χ0n) is 14.6. The molecule has 9 heteroatoms. The van der Waals surface area contributed by atoms with Gasteiger partial charge in [-0.25, -0.2) is 4.79 Å². The molecule has 9 nitrogen and oxygen atoms in total. The minimum absolute atomic E-state index is 0.218. The van der Waals surface area contributed by atoms with Crippen LogP contribution in [0.2, 0.25) is 0 Å². The van der Waals surface area contributed by atoms with E-state index in [4.69, 9.17) is 15.9 Å². The minimum atomic E-state index is -1.30. The Hall–Kier alpha value is -2.16. The Bertz CT molecular complexity index is 522. The van der Waals surface area contributed by atoms with Gasteiger partial charge in [-0.05, 0) is 31.6 Å². The molecule has 0 bridgehead atoms. The summed E-state index contributed by atoms with van der Waals surface area (Å²) in [4.78, 5) is 48.1. The summed E-state index contributed by atoms with van der Waals surface area (Å²) in [6, 6.07) is -2.77. The van der Waals surface area contributed by atoms with Gasteiger partial charge in [-0.2, -0.15) is 0 Å². The van der Waals surface area contributed by atoms with Gasteiger partial charge in [0, 0.05) is 13.0 Å². The number of carboxylic acid groups (broad SMARTS) is 2. The van der Waals surface area contributed by atoms with Gasteiger partial charge in [0.05, 0.1) is 6.04 Å². The number of carboxylic acids is 2. The van der Waals surface area contributed by atoms with Gasteiger partial charge in [0.2, 0.25) is 11.8 Å². The lowest BCUT2D eigenvalue weighted by atomic mass is 10.0. The summed E-state index contributed by atoms with van der Waals surface area (Å²) in [5.74, 6) is -3.11. The summed E-state index contributed by atoms with van der Waals surface area (Å²) in [5.41, 5.74) is 5.91. The number of rotatable bonds is 9. The van der Waals surface area contributed by atoms with Crippen LogP contribution < -0.4 is 11.1 Å². The second-order valence-corrected chi connectivity index (χ2v) is 6.76. The van der Waals surface area contributed by atoms with Crippen molar-refractivity contribution in [3.8, 4) is 0 Å². The molecular formula is C16H27N3O6. The summed E-state index contributed by atoms with van der Waals surface area (Å²) >= 11 is 0. The first kappa shape index (κ1) is 20.9. The maximum atomic E-state index is 12.5. The fraction of sp³-hybridized carbons (Fsp3) is 0.750. The fourth-order valence-electron chi connectivity index (χ4n) is 2.92. The maximum absolute atomic E-state index is 12.5. The van der Waals surface area contributed by atoms with Crippen molar-refractivity contribution in [2.75, 3.05) is 6.54 Å². The first-order chi connectivity index (χ1) is 11.6. The fourth-order valence-corrected chi connectivity index (χ4v) is 2.92. The zero-order valence-corrected chi connectivity index (χ0v) is 14.6. The van der Waals surface area contributed by atoms with Crippen LogP contribution in [0.3, 0.4) is 0 Å². The molecule has 1 aliphatic rings. The average Bonchev–Trinajstić information content (AvgIpc) is 2.98. The topological polar surface area (TPSA) is 150 Å². The lowest BCUT2D eigenvalue weighted by Crippen LogP contribution is -2.54. The normalized spacial score (nSPS) is 19.5. The average molecular weight is 357 g/mol. The largest absolute Gasteiger partial charge is 0.481 e.